The maximum Gasteiger partial charge on any atom is 0.243 e. The Kier molecular flexibility index (Phi) is 4.96. The molecule has 1 atom stereocenters. The summed E-state index contributed by atoms with van der Waals surface area (Å²) in [7, 11) is -3.62. The second-order valence-electron chi connectivity index (χ2n) is 5.96. The molecule has 128 valence electrons. The molecule has 1 unspecified atom stereocenters. The highest BCUT2D eigenvalue weighted by atomic mass is 35.5. The minimum Gasteiger partial charge on any atom is -0.377 e. The lowest BCUT2D eigenvalue weighted by molar-refractivity contribution is -0.118. The van der Waals surface area contributed by atoms with Crippen molar-refractivity contribution in [3.05, 3.63) is 28.8 Å². The van der Waals surface area contributed by atoms with E-state index in [1.807, 2.05) is 0 Å². The van der Waals surface area contributed by atoms with Gasteiger partial charge in [-0.3, -0.25) is 0 Å². The summed E-state index contributed by atoms with van der Waals surface area (Å²) in [5.41, 5.74) is -0.0566. The van der Waals surface area contributed by atoms with Gasteiger partial charge < -0.3 is 14.8 Å². The van der Waals surface area contributed by atoms with Gasteiger partial charge in [0.05, 0.1) is 24.7 Å². The van der Waals surface area contributed by atoms with Crippen molar-refractivity contribution in [2.24, 2.45) is 0 Å². The fourth-order valence-electron chi connectivity index (χ4n) is 2.99. The summed E-state index contributed by atoms with van der Waals surface area (Å²) >= 11 is 6.08. The third kappa shape index (κ3) is 3.40. The van der Waals surface area contributed by atoms with Gasteiger partial charge >= 0.3 is 0 Å². The molecule has 2 fully saturated rings. The predicted molar refractivity (Wildman–Crippen MR) is 87.3 cm³/mol. The Hall–Kier alpha value is -0.700. The summed E-state index contributed by atoms with van der Waals surface area (Å²) in [4.78, 5) is 0.254. The van der Waals surface area contributed by atoms with E-state index < -0.39 is 15.6 Å². The van der Waals surface area contributed by atoms with E-state index in [1.54, 1.807) is 25.1 Å². The number of nitrogens with one attached hydrogen (secondary N) is 1. The van der Waals surface area contributed by atoms with Crippen molar-refractivity contribution in [1.29, 1.82) is 0 Å². The van der Waals surface area contributed by atoms with Crippen LogP contribution < -0.4 is 5.32 Å². The van der Waals surface area contributed by atoms with E-state index in [9.17, 15) is 8.42 Å². The van der Waals surface area contributed by atoms with E-state index in [1.165, 1.54) is 4.31 Å². The van der Waals surface area contributed by atoms with Crippen molar-refractivity contribution in [2.45, 2.75) is 17.4 Å². The van der Waals surface area contributed by atoms with Crippen LogP contribution in [0.1, 0.15) is 5.56 Å². The molecule has 0 radical (unpaired) electrons. The Labute approximate surface area is 141 Å². The molecule has 2 aliphatic rings. The van der Waals surface area contributed by atoms with E-state index in [4.69, 9.17) is 21.1 Å². The van der Waals surface area contributed by atoms with Crippen LogP contribution in [0, 0.1) is 6.92 Å². The summed E-state index contributed by atoms with van der Waals surface area (Å²) in [6.45, 7) is 4.99. The first-order valence-corrected chi connectivity index (χ1v) is 9.44. The largest absolute Gasteiger partial charge is 0.377 e. The van der Waals surface area contributed by atoms with E-state index in [-0.39, 0.29) is 11.4 Å². The molecule has 1 aromatic rings. The third-order valence-corrected chi connectivity index (χ3v) is 6.68. The molecule has 0 bridgehead atoms. The lowest BCUT2D eigenvalue weighted by Gasteiger charge is -2.41. The zero-order valence-corrected chi connectivity index (χ0v) is 14.6. The lowest BCUT2D eigenvalue weighted by atomic mass is 10.0. The minimum absolute atomic E-state index is 0.254. The number of morpholine rings is 1. The Morgan fingerprint density at radius 2 is 2.17 bits per heavy atom. The summed E-state index contributed by atoms with van der Waals surface area (Å²) in [6, 6.07) is 4.95. The zero-order valence-electron chi connectivity index (χ0n) is 13.0. The molecular weight excluding hydrogens is 340 g/mol. The second-order valence-corrected chi connectivity index (χ2v) is 8.28. The summed E-state index contributed by atoms with van der Waals surface area (Å²) in [6.07, 6.45) is 0. The van der Waals surface area contributed by atoms with Gasteiger partial charge in [-0.15, -0.1) is 0 Å². The van der Waals surface area contributed by atoms with Gasteiger partial charge in [-0.1, -0.05) is 17.7 Å². The van der Waals surface area contributed by atoms with Gasteiger partial charge in [0, 0.05) is 31.2 Å². The first-order chi connectivity index (χ1) is 10.9. The van der Waals surface area contributed by atoms with Crippen LogP contribution in [0.3, 0.4) is 0 Å². The molecule has 1 aromatic carbocycles. The SMILES string of the molecule is Cc1c(Cl)cccc1S(=O)(=O)N1CCOC2(CNCCOC2)C1. The number of hydrogen-bond donors (Lipinski definition) is 1. The number of benzene rings is 1. The van der Waals surface area contributed by atoms with Gasteiger partial charge in [-0.25, -0.2) is 8.42 Å². The van der Waals surface area contributed by atoms with Gasteiger partial charge in [-0.05, 0) is 24.6 Å². The standard InChI is InChI=1S/C15H21ClN2O4S/c1-12-13(16)3-2-4-14(12)23(19,20)18-6-8-22-15(10-18)9-17-5-7-21-11-15/h2-4,17H,5-11H2,1H3. The number of ether oxygens (including phenoxy) is 2. The fourth-order valence-corrected chi connectivity index (χ4v) is 4.96. The van der Waals surface area contributed by atoms with Crippen molar-refractivity contribution in [1.82, 2.24) is 9.62 Å². The molecule has 2 heterocycles. The average molecular weight is 361 g/mol. The van der Waals surface area contributed by atoms with Gasteiger partial charge in [0.1, 0.15) is 5.60 Å². The predicted octanol–water partition coefficient (Wildman–Crippen LogP) is 1.03. The summed E-state index contributed by atoms with van der Waals surface area (Å²) in [5, 5.41) is 3.70. The van der Waals surface area contributed by atoms with Gasteiger partial charge in [0.2, 0.25) is 10.0 Å². The molecule has 0 aliphatic carbocycles. The zero-order chi connectivity index (χ0) is 16.5. The molecule has 6 nitrogen and oxygen atoms in total. The second kappa shape index (κ2) is 6.66. The van der Waals surface area contributed by atoms with Gasteiger partial charge in [0.15, 0.2) is 0 Å². The molecule has 3 rings (SSSR count). The van der Waals surface area contributed by atoms with Crippen LogP contribution in [0.5, 0.6) is 0 Å². The van der Waals surface area contributed by atoms with Crippen LogP contribution in [-0.2, 0) is 19.5 Å². The first kappa shape index (κ1) is 17.1. The third-order valence-electron chi connectivity index (χ3n) is 4.28. The lowest BCUT2D eigenvalue weighted by Crippen LogP contribution is -2.59. The summed E-state index contributed by atoms with van der Waals surface area (Å²) in [5.74, 6) is 0. The quantitative estimate of drug-likeness (QED) is 0.853. The van der Waals surface area contributed by atoms with Gasteiger partial charge in [-0.2, -0.15) is 4.31 Å². The number of rotatable bonds is 2. The highest BCUT2D eigenvalue weighted by Crippen LogP contribution is 2.29. The molecule has 0 aromatic heterocycles. The molecule has 0 amide bonds. The Bertz CT molecular complexity index is 672. The van der Waals surface area contributed by atoms with Crippen molar-refractivity contribution in [3.63, 3.8) is 0 Å². The smallest absolute Gasteiger partial charge is 0.243 e. The number of sulfonamides is 1. The van der Waals surface area contributed by atoms with Crippen LogP contribution in [0.4, 0.5) is 0 Å². The Balaban J connectivity index is 1.89. The highest BCUT2D eigenvalue weighted by molar-refractivity contribution is 7.89. The number of nitrogens with zero attached hydrogens (tertiary/aromatic N) is 1. The molecule has 0 saturated carbocycles. The molecular formula is C15H21ClN2O4S. The van der Waals surface area contributed by atoms with E-state index in [0.717, 1.165) is 6.54 Å². The Morgan fingerprint density at radius 1 is 1.35 bits per heavy atom. The molecule has 1 spiro atoms. The average Bonchev–Trinajstić information content (AvgIpc) is 2.75. The minimum atomic E-state index is -3.62. The number of hydrogen-bond acceptors (Lipinski definition) is 5. The topological polar surface area (TPSA) is 67.9 Å². The van der Waals surface area contributed by atoms with E-state index in [2.05, 4.69) is 5.32 Å². The van der Waals surface area contributed by atoms with Crippen LogP contribution in [-0.4, -0.2) is 64.3 Å². The van der Waals surface area contributed by atoms with Gasteiger partial charge in [0.25, 0.3) is 0 Å². The molecule has 23 heavy (non-hydrogen) atoms. The Morgan fingerprint density at radius 3 is 3.00 bits per heavy atom. The maximum atomic E-state index is 13.0. The molecule has 2 aliphatic heterocycles. The van der Waals surface area contributed by atoms with Crippen LogP contribution >= 0.6 is 11.6 Å². The first-order valence-electron chi connectivity index (χ1n) is 7.62. The van der Waals surface area contributed by atoms with Crippen molar-refractivity contribution < 1.29 is 17.9 Å². The monoisotopic (exact) mass is 360 g/mol. The van der Waals surface area contributed by atoms with E-state index >= 15 is 0 Å². The van der Waals surface area contributed by atoms with Crippen LogP contribution in [0.25, 0.3) is 0 Å². The molecule has 8 heteroatoms. The molecule has 1 N–H and O–H groups in total. The normalized spacial score (nSPS) is 27.0. The number of halogens is 1. The fraction of sp³-hybridized carbons (Fsp3) is 0.600. The highest BCUT2D eigenvalue weighted by Gasteiger charge is 2.42. The molecule has 2 saturated heterocycles. The van der Waals surface area contributed by atoms with Crippen LogP contribution in [0.2, 0.25) is 5.02 Å². The van der Waals surface area contributed by atoms with Crippen molar-refractivity contribution >= 4 is 21.6 Å². The van der Waals surface area contributed by atoms with Crippen molar-refractivity contribution in [3.8, 4) is 0 Å². The maximum absolute atomic E-state index is 13.0. The van der Waals surface area contributed by atoms with Crippen molar-refractivity contribution in [2.75, 3.05) is 46.0 Å². The van der Waals surface area contributed by atoms with Crippen LogP contribution in [0.15, 0.2) is 23.1 Å². The van der Waals surface area contributed by atoms with E-state index in [0.29, 0.717) is 43.5 Å². The summed E-state index contributed by atoms with van der Waals surface area (Å²) < 4.78 is 39.0.